The number of rotatable bonds is 0. The molecule has 3 heteroatoms. The molecular weight excluding hydrogens is 190 g/mol. The molecule has 1 aliphatic rings. The van der Waals surface area contributed by atoms with Gasteiger partial charge in [-0.1, -0.05) is 12.1 Å². The quantitative estimate of drug-likeness (QED) is 0.605. The summed E-state index contributed by atoms with van der Waals surface area (Å²) in [5.41, 5.74) is 0.872. The first-order chi connectivity index (χ1) is 6.93. The van der Waals surface area contributed by atoms with Crippen LogP contribution >= 0.6 is 0 Å². The molecule has 1 aliphatic heterocycles. The summed E-state index contributed by atoms with van der Waals surface area (Å²) in [7, 11) is 0. The minimum absolute atomic E-state index is 0.362. The molecule has 0 fully saturated rings. The molecule has 0 radical (unpaired) electrons. The van der Waals surface area contributed by atoms with Gasteiger partial charge in [0.15, 0.2) is 0 Å². The second kappa shape index (κ2) is 2.92. The second-order valence-electron chi connectivity index (χ2n) is 4.66. The Morgan fingerprint density at radius 2 is 1.67 bits per heavy atom. The highest BCUT2D eigenvalue weighted by molar-refractivity contribution is 6.52. The van der Waals surface area contributed by atoms with Crippen molar-refractivity contribution in [2.24, 2.45) is 0 Å². The zero-order valence-electron chi connectivity index (χ0n) is 9.07. The van der Waals surface area contributed by atoms with E-state index in [1.165, 1.54) is 0 Å². The van der Waals surface area contributed by atoms with Crippen molar-refractivity contribution in [3.05, 3.63) is 29.8 Å². The van der Waals surface area contributed by atoms with E-state index in [0.29, 0.717) is 5.56 Å². The minimum Gasteiger partial charge on any atom is -0.299 e. The molecule has 1 heterocycles. The van der Waals surface area contributed by atoms with Crippen LogP contribution in [0.1, 0.15) is 31.1 Å². The molecule has 0 bridgehead atoms. The van der Waals surface area contributed by atoms with Crippen LogP contribution in [0.4, 0.5) is 5.69 Å². The first-order valence-corrected chi connectivity index (χ1v) is 4.91. The van der Waals surface area contributed by atoms with Gasteiger partial charge in [0.25, 0.3) is 11.7 Å². The van der Waals surface area contributed by atoms with Crippen LogP contribution in [0, 0.1) is 0 Å². The first kappa shape index (κ1) is 9.90. The van der Waals surface area contributed by atoms with Gasteiger partial charge in [0.05, 0.1) is 11.3 Å². The predicted molar refractivity (Wildman–Crippen MR) is 58.0 cm³/mol. The van der Waals surface area contributed by atoms with E-state index in [-0.39, 0.29) is 5.54 Å². The van der Waals surface area contributed by atoms with Crippen LogP contribution in [0.2, 0.25) is 0 Å². The van der Waals surface area contributed by atoms with Gasteiger partial charge in [-0.15, -0.1) is 0 Å². The number of ketones is 1. The third kappa shape index (κ3) is 1.35. The summed E-state index contributed by atoms with van der Waals surface area (Å²) in [6.07, 6.45) is 0. The lowest BCUT2D eigenvalue weighted by Crippen LogP contribution is -2.44. The molecule has 0 aliphatic carbocycles. The third-order valence-electron chi connectivity index (χ3n) is 2.46. The van der Waals surface area contributed by atoms with Crippen LogP contribution in [0.25, 0.3) is 0 Å². The van der Waals surface area contributed by atoms with Gasteiger partial charge < -0.3 is 0 Å². The van der Waals surface area contributed by atoms with E-state index < -0.39 is 11.7 Å². The fourth-order valence-electron chi connectivity index (χ4n) is 1.85. The monoisotopic (exact) mass is 203 g/mol. The van der Waals surface area contributed by atoms with Crippen LogP contribution < -0.4 is 4.90 Å². The van der Waals surface area contributed by atoms with Crippen LogP contribution in [0.15, 0.2) is 24.3 Å². The van der Waals surface area contributed by atoms with Crippen LogP contribution in [-0.4, -0.2) is 17.2 Å². The molecule has 1 amide bonds. The van der Waals surface area contributed by atoms with Gasteiger partial charge in [0.1, 0.15) is 0 Å². The molecule has 3 nitrogen and oxygen atoms in total. The van der Waals surface area contributed by atoms with E-state index in [1.54, 1.807) is 17.0 Å². The number of para-hydroxylation sites is 1. The molecule has 0 atom stereocenters. The number of anilines is 1. The number of hydrogen-bond donors (Lipinski definition) is 0. The van der Waals surface area contributed by atoms with Crippen LogP contribution in [0.3, 0.4) is 0 Å². The van der Waals surface area contributed by atoms with Gasteiger partial charge in [-0.05, 0) is 32.9 Å². The van der Waals surface area contributed by atoms with Crippen molar-refractivity contribution in [2.75, 3.05) is 4.90 Å². The zero-order chi connectivity index (χ0) is 11.2. The van der Waals surface area contributed by atoms with Gasteiger partial charge in [0, 0.05) is 5.54 Å². The van der Waals surface area contributed by atoms with Gasteiger partial charge in [-0.2, -0.15) is 0 Å². The molecule has 0 aromatic heterocycles. The summed E-state index contributed by atoms with van der Waals surface area (Å²) >= 11 is 0. The third-order valence-corrected chi connectivity index (χ3v) is 2.46. The fourth-order valence-corrected chi connectivity index (χ4v) is 1.85. The van der Waals surface area contributed by atoms with Crippen LogP contribution in [-0.2, 0) is 4.79 Å². The Morgan fingerprint density at radius 1 is 1.07 bits per heavy atom. The number of benzene rings is 1. The SMILES string of the molecule is CC(C)(C)N1C(=O)C(=O)c2ccccc21. The van der Waals surface area contributed by atoms with Crippen molar-refractivity contribution in [1.29, 1.82) is 0 Å². The lowest BCUT2D eigenvalue weighted by molar-refractivity contribution is -0.115. The zero-order valence-corrected chi connectivity index (χ0v) is 9.07. The maximum Gasteiger partial charge on any atom is 0.299 e. The molecular formula is C12H13NO2. The van der Waals surface area contributed by atoms with Crippen molar-refractivity contribution < 1.29 is 9.59 Å². The molecule has 0 saturated heterocycles. The Morgan fingerprint density at radius 3 is 2.27 bits per heavy atom. The molecule has 2 rings (SSSR count). The predicted octanol–water partition coefficient (Wildman–Crippen LogP) is 2.01. The summed E-state index contributed by atoms with van der Waals surface area (Å²) < 4.78 is 0. The standard InChI is InChI=1S/C12H13NO2/c1-12(2,3)13-9-7-5-4-6-8(9)10(14)11(13)15/h4-7H,1-3H3. The largest absolute Gasteiger partial charge is 0.299 e. The minimum atomic E-state index is -0.427. The topological polar surface area (TPSA) is 37.4 Å². The number of fused-ring (bicyclic) bond motifs is 1. The van der Waals surface area contributed by atoms with Gasteiger partial charge in [-0.3, -0.25) is 14.5 Å². The summed E-state index contributed by atoms with van der Waals surface area (Å²) in [5, 5.41) is 0. The molecule has 1 aromatic rings. The molecule has 0 N–H and O–H groups in total. The highest BCUT2D eigenvalue weighted by atomic mass is 16.2. The van der Waals surface area contributed by atoms with E-state index in [4.69, 9.17) is 0 Å². The van der Waals surface area contributed by atoms with Crippen molar-refractivity contribution in [2.45, 2.75) is 26.3 Å². The van der Waals surface area contributed by atoms with Crippen molar-refractivity contribution >= 4 is 17.4 Å². The van der Waals surface area contributed by atoms with Crippen molar-refractivity contribution in [3.8, 4) is 0 Å². The molecule has 15 heavy (non-hydrogen) atoms. The Kier molecular flexibility index (Phi) is 1.93. The van der Waals surface area contributed by atoms with E-state index in [0.717, 1.165) is 5.69 Å². The highest BCUT2D eigenvalue weighted by Gasteiger charge is 2.41. The van der Waals surface area contributed by atoms with E-state index in [2.05, 4.69) is 0 Å². The van der Waals surface area contributed by atoms with Gasteiger partial charge in [0.2, 0.25) is 0 Å². The smallest absolute Gasteiger partial charge is 0.299 e. The summed E-state index contributed by atoms with van der Waals surface area (Å²) in [6, 6.07) is 7.12. The van der Waals surface area contributed by atoms with Crippen molar-refractivity contribution in [3.63, 3.8) is 0 Å². The maximum atomic E-state index is 11.8. The normalized spacial score (nSPS) is 15.8. The summed E-state index contributed by atoms with van der Waals surface area (Å²) in [6.45, 7) is 5.75. The average Bonchev–Trinajstić information content (AvgIpc) is 2.39. The van der Waals surface area contributed by atoms with E-state index >= 15 is 0 Å². The number of Topliss-reactive ketones (excluding diaryl/α,β-unsaturated/α-hetero) is 1. The summed E-state index contributed by atoms with van der Waals surface area (Å²) in [4.78, 5) is 25.0. The summed E-state index contributed by atoms with van der Waals surface area (Å²) in [5.74, 6) is -0.829. The Bertz CT molecular complexity index is 443. The Labute approximate surface area is 88.7 Å². The molecule has 0 saturated carbocycles. The Balaban J connectivity index is 2.62. The number of carbonyl (C=O) groups is 2. The number of amides is 1. The van der Waals surface area contributed by atoms with E-state index in [9.17, 15) is 9.59 Å². The lowest BCUT2D eigenvalue weighted by atomic mass is 10.1. The number of nitrogens with zero attached hydrogens (tertiary/aromatic N) is 1. The average molecular weight is 203 g/mol. The number of hydrogen-bond acceptors (Lipinski definition) is 2. The molecule has 0 unspecified atom stereocenters. The molecule has 1 aromatic carbocycles. The van der Waals surface area contributed by atoms with Gasteiger partial charge >= 0.3 is 0 Å². The van der Waals surface area contributed by atoms with E-state index in [1.807, 2.05) is 32.9 Å². The van der Waals surface area contributed by atoms with Gasteiger partial charge in [-0.25, -0.2) is 0 Å². The highest BCUT2D eigenvalue weighted by Crippen LogP contribution is 2.33. The molecule has 0 spiro atoms. The van der Waals surface area contributed by atoms with Crippen LogP contribution in [0.5, 0.6) is 0 Å². The first-order valence-electron chi connectivity index (χ1n) is 4.91. The number of carbonyl (C=O) groups excluding carboxylic acids is 2. The Hall–Kier alpha value is -1.64. The fraction of sp³-hybridized carbons (Fsp3) is 0.333. The second-order valence-corrected chi connectivity index (χ2v) is 4.66. The maximum absolute atomic E-state index is 11.8. The lowest BCUT2D eigenvalue weighted by Gasteiger charge is -2.31. The molecule has 78 valence electrons. The van der Waals surface area contributed by atoms with Crippen molar-refractivity contribution in [1.82, 2.24) is 0 Å².